The van der Waals surface area contributed by atoms with Gasteiger partial charge in [-0.15, -0.1) is 22.7 Å². The number of amides is 2. The summed E-state index contributed by atoms with van der Waals surface area (Å²) in [5, 5.41) is 9.41. The SMILES string of the molecule is C=CCOC(=O)N1CCN(C(=O)OCC=C)C(c2cc(NCc3ccc(Cl)s3)n(C(=O)c3cscn3)n2)C1. The molecule has 1 fully saturated rings. The fourth-order valence-electron chi connectivity index (χ4n) is 3.75. The molecule has 4 heterocycles. The quantitative estimate of drug-likeness (QED) is 0.365. The number of nitrogens with one attached hydrogen (secondary N) is 1. The van der Waals surface area contributed by atoms with E-state index in [0.717, 1.165) is 4.88 Å². The molecule has 3 aromatic rings. The molecular weight excluding hydrogens is 552 g/mol. The average Bonchev–Trinajstić information content (AvgIpc) is 3.70. The fraction of sp³-hybridized carbons (Fsp3) is 0.292. The molecule has 11 nitrogen and oxygen atoms in total. The van der Waals surface area contributed by atoms with Gasteiger partial charge in [0.2, 0.25) is 0 Å². The van der Waals surface area contributed by atoms with Gasteiger partial charge in [0, 0.05) is 29.4 Å². The van der Waals surface area contributed by atoms with Crippen LogP contribution in [0.1, 0.15) is 27.1 Å². The van der Waals surface area contributed by atoms with Crippen molar-refractivity contribution < 1.29 is 23.9 Å². The Hall–Kier alpha value is -3.68. The van der Waals surface area contributed by atoms with Gasteiger partial charge in [0.25, 0.3) is 5.91 Å². The van der Waals surface area contributed by atoms with Crippen LogP contribution in [0.3, 0.4) is 0 Å². The standard InChI is InChI=1S/C24H25ClN6O5S2/c1-3-9-35-23(33)29-7-8-30(24(34)36-10-4-2)19(13-29)17-11-21(26-12-16-5-6-20(25)38-16)31(28-17)22(32)18-14-37-15-27-18/h3-6,11,14-15,19,26H,1-2,7-10,12-13H2. The molecule has 0 radical (unpaired) electrons. The third-order valence-electron chi connectivity index (χ3n) is 5.51. The second-order valence-corrected chi connectivity index (χ2v) is 10.5. The lowest BCUT2D eigenvalue weighted by Crippen LogP contribution is -2.52. The summed E-state index contributed by atoms with van der Waals surface area (Å²) in [6, 6.07) is 4.64. The summed E-state index contributed by atoms with van der Waals surface area (Å²) in [5.41, 5.74) is 2.17. The van der Waals surface area contributed by atoms with Gasteiger partial charge >= 0.3 is 12.2 Å². The van der Waals surface area contributed by atoms with Crippen LogP contribution in [0.2, 0.25) is 4.34 Å². The Morgan fingerprint density at radius 3 is 2.58 bits per heavy atom. The number of thiophene rings is 1. The van der Waals surface area contributed by atoms with Crippen LogP contribution < -0.4 is 5.32 Å². The number of ether oxygens (including phenoxy) is 2. The zero-order valence-electron chi connectivity index (χ0n) is 20.2. The first-order valence-corrected chi connectivity index (χ1v) is 13.6. The van der Waals surface area contributed by atoms with E-state index in [0.29, 0.717) is 22.4 Å². The minimum absolute atomic E-state index is 0.0279. The summed E-state index contributed by atoms with van der Waals surface area (Å²) in [7, 11) is 0. The van der Waals surface area contributed by atoms with Crippen LogP contribution in [0.15, 0.2) is 54.4 Å². The Bertz CT molecular complexity index is 1310. The summed E-state index contributed by atoms with van der Waals surface area (Å²) >= 11 is 8.76. The lowest BCUT2D eigenvalue weighted by atomic mass is 10.1. The Balaban J connectivity index is 1.67. The maximum absolute atomic E-state index is 13.3. The van der Waals surface area contributed by atoms with Gasteiger partial charge in [-0.25, -0.2) is 14.6 Å². The lowest BCUT2D eigenvalue weighted by Gasteiger charge is -2.39. The molecule has 38 heavy (non-hydrogen) atoms. The van der Waals surface area contributed by atoms with E-state index in [-0.39, 0.29) is 38.5 Å². The third-order valence-corrected chi connectivity index (χ3v) is 7.33. The molecule has 1 saturated heterocycles. The number of anilines is 1. The largest absolute Gasteiger partial charge is 0.445 e. The number of hydrogen-bond acceptors (Lipinski definition) is 10. The minimum Gasteiger partial charge on any atom is -0.445 e. The van der Waals surface area contributed by atoms with Crippen LogP contribution in [0.25, 0.3) is 0 Å². The molecule has 1 unspecified atom stereocenters. The highest BCUT2D eigenvalue weighted by Gasteiger charge is 2.37. The van der Waals surface area contributed by atoms with Gasteiger partial charge in [0.1, 0.15) is 24.7 Å². The molecule has 0 aromatic carbocycles. The van der Waals surface area contributed by atoms with Crippen LogP contribution in [0, 0.1) is 0 Å². The highest BCUT2D eigenvalue weighted by Crippen LogP contribution is 2.29. The summed E-state index contributed by atoms with van der Waals surface area (Å²) in [5.74, 6) is -0.0451. The van der Waals surface area contributed by atoms with E-state index in [9.17, 15) is 14.4 Å². The predicted octanol–water partition coefficient (Wildman–Crippen LogP) is 4.66. The average molecular weight is 577 g/mol. The molecule has 0 aliphatic carbocycles. The number of thiazole rings is 1. The molecule has 0 bridgehead atoms. The van der Waals surface area contributed by atoms with Crippen molar-refractivity contribution in [2.75, 3.05) is 38.2 Å². The Labute approximate surface area is 231 Å². The van der Waals surface area contributed by atoms with E-state index >= 15 is 0 Å². The van der Waals surface area contributed by atoms with Gasteiger partial charge < -0.3 is 19.7 Å². The van der Waals surface area contributed by atoms with E-state index < -0.39 is 24.1 Å². The second-order valence-electron chi connectivity index (χ2n) is 7.99. The molecular formula is C24H25ClN6O5S2. The van der Waals surface area contributed by atoms with E-state index in [1.54, 1.807) is 23.0 Å². The molecule has 2 amide bonds. The Morgan fingerprint density at radius 1 is 1.16 bits per heavy atom. The lowest BCUT2D eigenvalue weighted by molar-refractivity contribution is 0.0411. The number of nitrogens with zero attached hydrogens (tertiary/aromatic N) is 5. The molecule has 1 N–H and O–H groups in total. The second kappa shape index (κ2) is 12.7. The van der Waals surface area contributed by atoms with Crippen molar-refractivity contribution in [1.82, 2.24) is 24.6 Å². The number of aromatic nitrogens is 3. The predicted molar refractivity (Wildman–Crippen MR) is 145 cm³/mol. The molecule has 1 aliphatic rings. The number of rotatable bonds is 9. The summed E-state index contributed by atoms with van der Waals surface area (Å²) < 4.78 is 12.3. The molecule has 3 aromatic heterocycles. The molecule has 1 aliphatic heterocycles. The van der Waals surface area contributed by atoms with E-state index in [4.69, 9.17) is 21.1 Å². The van der Waals surface area contributed by atoms with Crippen LogP contribution in [0.5, 0.6) is 0 Å². The van der Waals surface area contributed by atoms with E-state index in [2.05, 4.69) is 28.6 Å². The summed E-state index contributed by atoms with van der Waals surface area (Å²) in [6.45, 7) is 8.11. The topological polar surface area (TPSA) is 119 Å². The van der Waals surface area contributed by atoms with E-state index in [1.807, 2.05) is 6.07 Å². The fourth-order valence-corrected chi connectivity index (χ4v) is 5.30. The van der Waals surface area contributed by atoms with Crippen molar-refractivity contribution in [2.24, 2.45) is 0 Å². The van der Waals surface area contributed by atoms with Gasteiger partial charge in [0.15, 0.2) is 0 Å². The van der Waals surface area contributed by atoms with Crippen molar-refractivity contribution in [3.63, 3.8) is 0 Å². The zero-order chi connectivity index (χ0) is 27.1. The van der Waals surface area contributed by atoms with Crippen molar-refractivity contribution in [3.8, 4) is 0 Å². The molecule has 200 valence electrons. The van der Waals surface area contributed by atoms with Gasteiger partial charge in [-0.3, -0.25) is 9.69 Å². The number of carbonyl (C=O) groups is 3. The molecule has 0 saturated carbocycles. The Kier molecular flexibility index (Phi) is 9.15. The zero-order valence-corrected chi connectivity index (χ0v) is 22.6. The van der Waals surface area contributed by atoms with Crippen LogP contribution in [-0.4, -0.2) is 75.5 Å². The van der Waals surface area contributed by atoms with Crippen molar-refractivity contribution in [2.45, 2.75) is 12.6 Å². The first-order chi connectivity index (χ1) is 18.4. The molecule has 0 spiro atoms. The third kappa shape index (κ3) is 6.41. The maximum Gasteiger partial charge on any atom is 0.410 e. The number of halogens is 1. The minimum atomic E-state index is -0.710. The molecule has 14 heteroatoms. The summed E-state index contributed by atoms with van der Waals surface area (Å²) in [4.78, 5) is 46.7. The van der Waals surface area contributed by atoms with Crippen molar-refractivity contribution in [1.29, 1.82) is 0 Å². The highest BCUT2D eigenvalue weighted by atomic mass is 35.5. The first kappa shape index (κ1) is 27.4. The van der Waals surface area contributed by atoms with Crippen LogP contribution >= 0.6 is 34.3 Å². The van der Waals surface area contributed by atoms with Crippen LogP contribution in [0.4, 0.5) is 15.4 Å². The Morgan fingerprint density at radius 2 is 1.92 bits per heavy atom. The van der Waals surface area contributed by atoms with Gasteiger partial charge in [0.05, 0.1) is 34.7 Å². The molecule has 4 rings (SSSR count). The van der Waals surface area contributed by atoms with Crippen LogP contribution in [-0.2, 0) is 16.0 Å². The van der Waals surface area contributed by atoms with Gasteiger partial charge in [-0.2, -0.15) is 9.78 Å². The maximum atomic E-state index is 13.3. The van der Waals surface area contributed by atoms with Crippen molar-refractivity contribution >= 4 is 58.2 Å². The molecule has 1 atom stereocenters. The van der Waals surface area contributed by atoms with Crippen molar-refractivity contribution in [3.05, 3.63) is 75.0 Å². The highest BCUT2D eigenvalue weighted by molar-refractivity contribution is 7.16. The van der Waals surface area contributed by atoms with Gasteiger partial charge in [-0.05, 0) is 12.1 Å². The monoisotopic (exact) mass is 576 g/mol. The number of hydrogen-bond donors (Lipinski definition) is 1. The van der Waals surface area contributed by atoms with E-state index in [1.165, 1.54) is 49.3 Å². The number of piperazine rings is 1. The van der Waals surface area contributed by atoms with Gasteiger partial charge in [-0.1, -0.05) is 36.9 Å². The summed E-state index contributed by atoms with van der Waals surface area (Å²) in [6.07, 6.45) is 1.82. The smallest absolute Gasteiger partial charge is 0.410 e. The first-order valence-electron chi connectivity index (χ1n) is 11.5. The normalized spacial score (nSPS) is 15.1. The number of carbonyl (C=O) groups excluding carboxylic acids is 3.